The van der Waals surface area contributed by atoms with Crippen molar-refractivity contribution in [3.8, 4) is 0 Å². The van der Waals surface area contributed by atoms with Crippen LogP contribution in [0.4, 0.5) is 5.82 Å². The topological polar surface area (TPSA) is 82.5 Å². The molecule has 3 rings (SSSR count). The predicted octanol–water partition coefficient (Wildman–Crippen LogP) is 1.50. The summed E-state index contributed by atoms with van der Waals surface area (Å²) in [4.78, 5) is 14.9. The predicted molar refractivity (Wildman–Crippen MR) is 65.5 cm³/mol. The van der Waals surface area contributed by atoms with Crippen LogP contribution in [-0.4, -0.2) is 33.3 Å². The van der Waals surface area contributed by atoms with E-state index in [0.29, 0.717) is 5.82 Å². The van der Waals surface area contributed by atoms with Crippen LogP contribution in [0.2, 0.25) is 0 Å². The first kappa shape index (κ1) is 11.5. The molecule has 2 atom stereocenters. The molecule has 1 aromatic rings. The van der Waals surface area contributed by atoms with Gasteiger partial charge in [-0.2, -0.15) is 0 Å². The second-order valence-electron chi connectivity index (χ2n) is 5.25. The molecule has 2 unspecified atom stereocenters. The third-order valence-electron chi connectivity index (χ3n) is 4.39. The van der Waals surface area contributed by atoms with Gasteiger partial charge in [0.05, 0.1) is 6.10 Å². The number of aromatic nitrogens is 1. The first-order chi connectivity index (χ1) is 8.62. The zero-order valence-corrected chi connectivity index (χ0v) is 9.97. The van der Waals surface area contributed by atoms with Crippen LogP contribution in [0.25, 0.3) is 0 Å². The number of nitrogens with one attached hydrogen (secondary N) is 1. The maximum Gasteiger partial charge on any atom is 0.354 e. The Labute approximate surface area is 105 Å². The number of hydrogen-bond acceptors (Lipinski definition) is 4. The molecule has 2 fully saturated rings. The Kier molecular flexibility index (Phi) is 2.52. The average molecular weight is 248 g/mol. The highest BCUT2D eigenvalue weighted by Crippen LogP contribution is 2.56. The number of aliphatic hydroxyl groups excluding tert-OH is 1. The third-order valence-corrected chi connectivity index (χ3v) is 4.39. The summed E-state index contributed by atoms with van der Waals surface area (Å²) < 4.78 is 0. The number of rotatable bonds is 3. The van der Waals surface area contributed by atoms with Crippen LogP contribution >= 0.6 is 0 Å². The molecule has 3 N–H and O–H groups in total. The summed E-state index contributed by atoms with van der Waals surface area (Å²) in [5.74, 6) is -0.441. The molecule has 1 heterocycles. The second kappa shape index (κ2) is 3.95. The fourth-order valence-electron chi connectivity index (χ4n) is 3.05. The van der Waals surface area contributed by atoms with Gasteiger partial charge in [0.25, 0.3) is 0 Å². The van der Waals surface area contributed by atoms with E-state index in [2.05, 4.69) is 10.3 Å². The van der Waals surface area contributed by atoms with Crippen LogP contribution in [0.15, 0.2) is 18.2 Å². The van der Waals surface area contributed by atoms with Crippen molar-refractivity contribution < 1.29 is 15.0 Å². The summed E-state index contributed by atoms with van der Waals surface area (Å²) in [5, 5.41) is 22.0. The number of anilines is 1. The lowest BCUT2D eigenvalue weighted by Crippen LogP contribution is -2.63. The van der Waals surface area contributed by atoms with E-state index in [0.717, 1.165) is 25.7 Å². The van der Waals surface area contributed by atoms with E-state index in [4.69, 9.17) is 5.11 Å². The summed E-state index contributed by atoms with van der Waals surface area (Å²) in [5.41, 5.74) is 0.0588. The Balaban J connectivity index is 1.74. The number of hydrogen-bond donors (Lipinski definition) is 3. The van der Waals surface area contributed by atoms with Gasteiger partial charge in [0.15, 0.2) is 5.69 Å². The third kappa shape index (κ3) is 1.58. The normalized spacial score (nSPS) is 28.3. The van der Waals surface area contributed by atoms with Crippen LogP contribution in [-0.2, 0) is 0 Å². The standard InChI is InChI=1S/C13H16N2O3/c16-10-7-9(13(10)5-2-6-13)15-11-4-1-3-8(14-11)12(17)18/h1,3-4,9-10,16H,2,5-7H2,(H,14,15)(H,17,18). The van der Waals surface area contributed by atoms with Gasteiger partial charge in [0.2, 0.25) is 0 Å². The van der Waals surface area contributed by atoms with Gasteiger partial charge in [-0.3, -0.25) is 0 Å². The molecule has 0 aliphatic heterocycles. The van der Waals surface area contributed by atoms with Gasteiger partial charge in [0.1, 0.15) is 5.82 Å². The Morgan fingerprint density at radius 3 is 2.78 bits per heavy atom. The molecule has 5 nitrogen and oxygen atoms in total. The number of aliphatic hydroxyl groups is 1. The molecule has 0 radical (unpaired) electrons. The van der Waals surface area contributed by atoms with E-state index >= 15 is 0 Å². The number of carboxylic acids is 1. The quantitative estimate of drug-likeness (QED) is 0.755. The Morgan fingerprint density at radius 1 is 1.44 bits per heavy atom. The molecule has 5 heteroatoms. The minimum Gasteiger partial charge on any atom is -0.477 e. The van der Waals surface area contributed by atoms with E-state index in [1.807, 2.05) is 0 Å². The summed E-state index contributed by atoms with van der Waals surface area (Å²) >= 11 is 0. The second-order valence-corrected chi connectivity index (χ2v) is 5.25. The zero-order chi connectivity index (χ0) is 12.8. The van der Waals surface area contributed by atoms with Crippen molar-refractivity contribution in [2.24, 2.45) is 5.41 Å². The molecule has 1 aromatic heterocycles. The molecule has 18 heavy (non-hydrogen) atoms. The van der Waals surface area contributed by atoms with Gasteiger partial charge < -0.3 is 15.5 Å². The van der Waals surface area contributed by atoms with Gasteiger partial charge in [-0.05, 0) is 31.4 Å². The number of carboxylic acid groups (broad SMARTS) is 1. The van der Waals surface area contributed by atoms with E-state index in [9.17, 15) is 9.90 Å². The van der Waals surface area contributed by atoms with Crippen molar-refractivity contribution in [1.29, 1.82) is 0 Å². The van der Waals surface area contributed by atoms with E-state index < -0.39 is 5.97 Å². The van der Waals surface area contributed by atoms with Crippen LogP contribution in [0.5, 0.6) is 0 Å². The maximum absolute atomic E-state index is 10.8. The highest BCUT2D eigenvalue weighted by molar-refractivity contribution is 5.85. The zero-order valence-electron chi connectivity index (χ0n) is 9.97. The van der Waals surface area contributed by atoms with Crippen molar-refractivity contribution in [1.82, 2.24) is 4.98 Å². The lowest BCUT2D eigenvalue weighted by atomic mass is 9.51. The van der Waals surface area contributed by atoms with Crippen molar-refractivity contribution >= 4 is 11.8 Å². The molecular formula is C13H16N2O3. The fraction of sp³-hybridized carbons (Fsp3) is 0.538. The highest BCUT2D eigenvalue weighted by Gasteiger charge is 2.57. The van der Waals surface area contributed by atoms with E-state index in [1.54, 1.807) is 12.1 Å². The fourth-order valence-corrected chi connectivity index (χ4v) is 3.05. The summed E-state index contributed by atoms with van der Waals surface area (Å²) in [6.45, 7) is 0. The van der Waals surface area contributed by atoms with Crippen LogP contribution < -0.4 is 5.32 Å². The van der Waals surface area contributed by atoms with Crippen LogP contribution in [0, 0.1) is 5.41 Å². The monoisotopic (exact) mass is 248 g/mol. The highest BCUT2D eigenvalue weighted by atomic mass is 16.4. The first-order valence-electron chi connectivity index (χ1n) is 6.27. The minimum absolute atomic E-state index is 0.0148. The first-order valence-corrected chi connectivity index (χ1v) is 6.27. The van der Waals surface area contributed by atoms with Crippen LogP contribution in [0.1, 0.15) is 36.2 Å². The van der Waals surface area contributed by atoms with Crippen LogP contribution in [0.3, 0.4) is 0 Å². The largest absolute Gasteiger partial charge is 0.477 e. The summed E-state index contributed by atoms with van der Waals surface area (Å²) in [6, 6.07) is 5.14. The maximum atomic E-state index is 10.8. The smallest absolute Gasteiger partial charge is 0.354 e. The van der Waals surface area contributed by atoms with Gasteiger partial charge >= 0.3 is 5.97 Å². The molecule has 0 bridgehead atoms. The molecular weight excluding hydrogens is 232 g/mol. The Bertz CT molecular complexity index is 485. The Morgan fingerprint density at radius 2 is 2.22 bits per heavy atom. The van der Waals surface area contributed by atoms with Crippen molar-refractivity contribution in [3.63, 3.8) is 0 Å². The molecule has 0 aromatic carbocycles. The number of aromatic carboxylic acids is 1. The lowest BCUT2D eigenvalue weighted by molar-refractivity contribution is -0.126. The molecule has 1 spiro atoms. The average Bonchev–Trinajstić information content (AvgIpc) is 2.26. The van der Waals surface area contributed by atoms with Crippen molar-refractivity contribution in [2.45, 2.75) is 37.8 Å². The van der Waals surface area contributed by atoms with Gasteiger partial charge in [-0.15, -0.1) is 0 Å². The van der Waals surface area contributed by atoms with E-state index in [-0.39, 0.29) is 23.3 Å². The Hall–Kier alpha value is -1.62. The van der Waals surface area contributed by atoms with Gasteiger partial charge in [-0.1, -0.05) is 12.5 Å². The van der Waals surface area contributed by atoms with Crippen molar-refractivity contribution in [3.05, 3.63) is 23.9 Å². The molecule has 2 aliphatic carbocycles. The molecule has 2 aliphatic rings. The summed E-state index contributed by atoms with van der Waals surface area (Å²) in [6.07, 6.45) is 3.76. The van der Waals surface area contributed by atoms with Gasteiger partial charge in [0, 0.05) is 11.5 Å². The van der Waals surface area contributed by atoms with Gasteiger partial charge in [-0.25, -0.2) is 9.78 Å². The number of carbonyl (C=O) groups is 1. The molecule has 0 saturated heterocycles. The minimum atomic E-state index is -1.02. The SMILES string of the molecule is O=C(O)c1cccc(NC2CC(O)C23CCC3)n1. The van der Waals surface area contributed by atoms with E-state index in [1.165, 1.54) is 6.07 Å². The lowest BCUT2D eigenvalue weighted by Gasteiger charge is -2.59. The molecule has 2 saturated carbocycles. The molecule has 0 amide bonds. The number of nitrogens with zero attached hydrogens (tertiary/aromatic N) is 1. The van der Waals surface area contributed by atoms with Crippen molar-refractivity contribution in [2.75, 3.05) is 5.32 Å². The number of pyridine rings is 1. The molecule has 96 valence electrons. The summed E-state index contributed by atoms with van der Waals surface area (Å²) in [7, 11) is 0.